The van der Waals surface area contributed by atoms with Crippen molar-refractivity contribution in [1.29, 1.82) is 0 Å². The Bertz CT molecular complexity index is 631. The monoisotopic (exact) mass is 315 g/mol. The van der Waals surface area contributed by atoms with Crippen molar-refractivity contribution < 1.29 is 13.2 Å². The van der Waals surface area contributed by atoms with Gasteiger partial charge in [-0.25, -0.2) is 13.4 Å². The molecule has 0 aliphatic heterocycles. The van der Waals surface area contributed by atoms with E-state index in [1.54, 1.807) is 38.9 Å². The lowest BCUT2D eigenvalue weighted by molar-refractivity contribution is -0.193. The van der Waals surface area contributed by atoms with Crippen LogP contribution in [0.5, 0.6) is 0 Å². The van der Waals surface area contributed by atoms with Crippen molar-refractivity contribution in [1.82, 2.24) is 13.9 Å². The molecule has 1 saturated carbocycles. The van der Waals surface area contributed by atoms with Crippen molar-refractivity contribution in [2.75, 3.05) is 14.2 Å². The van der Waals surface area contributed by atoms with E-state index in [4.69, 9.17) is 4.74 Å². The number of ether oxygens (including phenoxy) is 1. The van der Waals surface area contributed by atoms with E-state index in [0.29, 0.717) is 12.2 Å². The number of sulfonamides is 1. The van der Waals surface area contributed by atoms with Gasteiger partial charge in [0.2, 0.25) is 0 Å². The van der Waals surface area contributed by atoms with Gasteiger partial charge in [-0.1, -0.05) is 13.8 Å². The molecule has 120 valence electrons. The largest absolute Gasteiger partial charge is 0.378 e. The van der Waals surface area contributed by atoms with E-state index in [2.05, 4.69) is 4.98 Å². The van der Waals surface area contributed by atoms with Crippen molar-refractivity contribution in [2.24, 2.45) is 12.5 Å². The molecule has 7 heteroatoms. The van der Waals surface area contributed by atoms with Crippen LogP contribution in [-0.2, 0) is 21.8 Å². The standard InChI is InChI=1S/C14H25N3O3S/c1-10-15-12(9-16(10)5)21(18,19)17(6)11-8-14(4,20-7)13(11,2)3/h9,11H,8H2,1-7H3/t11-,14+/m0/s1. The third-order valence-corrected chi connectivity index (χ3v) is 7.14. The first-order chi connectivity index (χ1) is 9.47. The fraction of sp³-hybridized carbons (Fsp3) is 0.786. The van der Waals surface area contributed by atoms with Gasteiger partial charge in [0.1, 0.15) is 5.82 Å². The van der Waals surface area contributed by atoms with Crippen LogP contribution in [0.4, 0.5) is 0 Å². The van der Waals surface area contributed by atoms with Crippen LogP contribution in [0.2, 0.25) is 0 Å². The highest BCUT2D eigenvalue weighted by molar-refractivity contribution is 7.89. The van der Waals surface area contributed by atoms with E-state index in [1.165, 1.54) is 4.31 Å². The van der Waals surface area contributed by atoms with Gasteiger partial charge in [0.25, 0.3) is 10.0 Å². The number of hydrogen-bond donors (Lipinski definition) is 0. The van der Waals surface area contributed by atoms with Gasteiger partial charge >= 0.3 is 0 Å². The fourth-order valence-electron chi connectivity index (χ4n) is 3.00. The Labute approximate surface area is 127 Å². The molecule has 0 saturated heterocycles. The van der Waals surface area contributed by atoms with Crippen LogP contribution in [0.25, 0.3) is 0 Å². The molecule has 0 amide bonds. The first kappa shape index (κ1) is 16.5. The summed E-state index contributed by atoms with van der Waals surface area (Å²) in [6.45, 7) is 7.89. The third-order valence-electron chi connectivity index (χ3n) is 5.40. The van der Waals surface area contributed by atoms with Crippen LogP contribution in [0.3, 0.4) is 0 Å². The van der Waals surface area contributed by atoms with Gasteiger partial charge in [-0.05, 0) is 20.3 Å². The van der Waals surface area contributed by atoms with Gasteiger partial charge in [0.15, 0.2) is 5.03 Å². The highest BCUT2D eigenvalue weighted by atomic mass is 32.2. The van der Waals surface area contributed by atoms with Gasteiger partial charge < -0.3 is 9.30 Å². The molecule has 6 nitrogen and oxygen atoms in total. The van der Waals surface area contributed by atoms with Crippen molar-refractivity contribution >= 4 is 10.0 Å². The Kier molecular flexibility index (Phi) is 3.75. The van der Waals surface area contributed by atoms with Gasteiger partial charge in [-0.15, -0.1) is 0 Å². The van der Waals surface area contributed by atoms with Gasteiger partial charge in [-0.3, -0.25) is 0 Å². The molecule has 21 heavy (non-hydrogen) atoms. The summed E-state index contributed by atoms with van der Waals surface area (Å²) in [4.78, 5) is 4.15. The molecule has 0 aromatic carbocycles. The van der Waals surface area contributed by atoms with Crippen molar-refractivity contribution in [3.05, 3.63) is 12.0 Å². The maximum Gasteiger partial charge on any atom is 0.262 e. The zero-order valence-electron chi connectivity index (χ0n) is 13.8. The number of hydrogen-bond acceptors (Lipinski definition) is 4. The zero-order valence-corrected chi connectivity index (χ0v) is 14.7. The van der Waals surface area contributed by atoms with Crippen LogP contribution < -0.4 is 0 Å². The number of nitrogens with zero attached hydrogens (tertiary/aromatic N) is 3. The Balaban J connectivity index is 2.31. The average Bonchev–Trinajstić information content (AvgIpc) is 2.75. The highest BCUT2D eigenvalue weighted by Gasteiger charge is 2.60. The lowest BCUT2D eigenvalue weighted by atomic mass is 9.56. The normalized spacial score (nSPS) is 28.7. The number of methoxy groups -OCH3 is 1. The summed E-state index contributed by atoms with van der Waals surface area (Å²) in [5, 5.41) is 0.104. The Morgan fingerprint density at radius 1 is 1.43 bits per heavy atom. The number of imidazole rings is 1. The minimum absolute atomic E-state index is 0.102. The molecular weight excluding hydrogens is 290 g/mol. The second-order valence-corrected chi connectivity index (χ2v) is 8.58. The number of aromatic nitrogens is 2. The smallest absolute Gasteiger partial charge is 0.262 e. The third kappa shape index (κ3) is 2.22. The van der Waals surface area contributed by atoms with Crippen LogP contribution in [-0.4, -0.2) is 48.1 Å². The molecule has 1 heterocycles. The molecule has 1 aliphatic rings. The predicted molar refractivity (Wildman–Crippen MR) is 80.5 cm³/mol. The van der Waals surface area contributed by atoms with E-state index in [0.717, 1.165) is 0 Å². The van der Waals surface area contributed by atoms with Crippen molar-refractivity contribution in [2.45, 2.75) is 50.8 Å². The lowest BCUT2D eigenvalue weighted by Crippen LogP contribution is -2.68. The van der Waals surface area contributed by atoms with E-state index in [-0.39, 0.29) is 22.1 Å². The second kappa shape index (κ2) is 4.79. The van der Waals surface area contributed by atoms with E-state index >= 15 is 0 Å². The fourth-order valence-corrected chi connectivity index (χ4v) is 4.51. The second-order valence-electron chi connectivity index (χ2n) is 6.64. The van der Waals surface area contributed by atoms with E-state index < -0.39 is 10.0 Å². The molecule has 0 spiro atoms. The molecule has 2 rings (SSSR count). The maximum atomic E-state index is 12.7. The first-order valence-corrected chi connectivity index (χ1v) is 8.44. The molecule has 0 radical (unpaired) electrons. The van der Waals surface area contributed by atoms with Gasteiger partial charge in [-0.2, -0.15) is 4.31 Å². The van der Waals surface area contributed by atoms with Gasteiger partial charge in [0, 0.05) is 38.9 Å². The molecule has 0 N–H and O–H groups in total. The molecular formula is C14H25N3O3S. The maximum absolute atomic E-state index is 12.7. The van der Waals surface area contributed by atoms with Crippen LogP contribution in [0.1, 0.15) is 33.0 Å². The SMILES string of the molecule is CO[C@]1(C)C[C@H](N(C)S(=O)(=O)c2cn(C)c(C)n2)C1(C)C. The molecule has 1 aliphatic carbocycles. The van der Waals surface area contributed by atoms with Gasteiger partial charge in [0.05, 0.1) is 5.60 Å². The summed E-state index contributed by atoms with van der Waals surface area (Å²) in [5.74, 6) is 0.677. The van der Waals surface area contributed by atoms with E-state index in [9.17, 15) is 8.42 Å². The Hall–Kier alpha value is -0.920. The zero-order chi connectivity index (χ0) is 16.2. The molecule has 0 unspecified atom stereocenters. The van der Waals surface area contributed by atoms with E-state index in [1.807, 2.05) is 20.8 Å². The number of rotatable bonds is 4. The summed E-state index contributed by atoms with van der Waals surface area (Å²) < 4.78 is 34.2. The van der Waals surface area contributed by atoms with Crippen molar-refractivity contribution in [3.8, 4) is 0 Å². The molecule has 0 bridgehead atoms. The molecule has 1 fully saturated rings. The lowest BCUT2D eigenvalue weighted by Gasteiger charge is -2.60. The summed E-state index contributed by atoms with van der Waals surface area (Å²) in [6.07, 6.45) is 2.24. The molecule has 2 atom stereocenters. The minimum Gasteiger partial charge on any atom is -0.378 e. The summed E-state index contributed by atoms with van der Waals surface area (Å²) in [7, 11) is 1.51. The predicted octanol–water partition coefficient (Wildman–Crippen LogP) is 1.55. The summed E-state index contributed by atoms with van der Waals surface area (Å²) in [6, 6.07) is -0.102. The Morgan fingerprint density at radius 3 is 2.38 bits per heavy atom. The summed E-state index contributed by atoms with van der Waals surface area (Å²) >= 11 is 0. The highest BCUT2D eigenvalue weighted by Crippen LogP contribution is 2.54. The van der Waals surface area contributed by atoms with Crippen molar-refractivity contribution in [3.63, 3.8) is 0 Å². The quantitative estimate of drug-likeness (QED) is 0.846. The Morgan fingerprint density at radius 2 is 2.00 bits per heavy atom. The number of aryl methyl sites for hydroxylation is 2. The van der Waals surface area contributed by atoms with Crippen LogP contribution in [0, 0.1) is 12.3 Å². The summed E-state index contributed by atoms with van der Waals surface area (Å²) in [5.41, 5.74) is -0.561. The van der Waals surface area contributed by atoms with Crippen LogP contribution >= 0.6 is 0 Å². The average molecular weight is 315 g/mol. The minimum atomic E-state index is -3.58. The first-order valence-electron chi connectivity index (χ1n) is 7.00. The molecule has 1 aromatic heterocycles. The topological polar surface area (TPSA) is 64.4 Å². The molecule has 1 aromatic rings. The van der Waals surface area contributed by atoms with Crippen LogP contribution in [0.15, 0.2) is 11.2 Å².